The number of nitrogens with two attached hydrogens (primary N) is 1. The van der Waals surface area contributed by atoms with Gasteiger partial charge in [-0.15, -0.1) is 0 Å². The molecule has 0 bridgehead atoms. The zero-order chi connectivity index (χ0) is 13.2. The molecule has 2 unspecified atom stereocenters. The molecule has 1 aliphatic heterocycles. The summed E-state index contributed by atoms with van der Waals surface area (Å²) in [4.78, 5) is 11.6. The summed E-state index contributed by atoms with van der Waals surface area (Å²) in [7, 11) is 0. The van der Waals surface area contributed by atoms with Crippen molar-refractivity contribution in [3.63, 3.8) is 0 Å². The monoisotopic (exact) mass is 261 g/mol. The predicted molar refractivity (Wildman–Crippen MR) is 76.9 cm³/mol. The fourth-order valence-electron chi connectivity index (χ4n) is 3.60. The van der Waals surface area contributed by atoms with Crippen LogP contribution in [-0.4, -0.2) is 22.6 Å². The van der Waals surface area contributed by atoms with Crippen molar-refractivity contribution in [3.05, 3.63) is 11.9 Å². The van der Waals surface area contributed by atoms with E-state index in [-0.39, 0.29) is 0 Å². The van der Waals surface area contributed by atoms with E-state index in [4.69, 9.17) is 10.8 Å². The number of aromatic nitrogens is 2. The third kappa shape index (κ3) is 2.39. The number of anilines is 2. The molecular formula is C14H23N5. The Morgan fingerprint density at radius 2 is 2.16 bits per heavy atom. The molecule has 3 rings (SSSR count). The zero-order valence-electron chi connectivity index (χ0n) is 11.6. The molecule has 1 aromatic heterocycles. The van der Waals surface area contributed by atoms with Gasteiger partial charge in [0.1, 0.15) is 17.5 Å². The fraction of sp³-hybridized carbons (Fsp3) is 0.714. The van der Waals surface area contributed by atoms with Crippen molar-refractivity contribution in [1.29, 1.82) is 0 Å². The number of nitrogen functional groups attached to an aromatic ring is 1. The van der Waals surface area contributed by atoms with Crippen molar-refractivity contribution < 1.29 is 0 Å². The standard InChI is InChI=1S/C14H23N5/c1-2-12-16-13(18-15)9-14(17-12)19-8-4-6-10-5-3-7-11(10)19/h9-11H,2-8,15H2,1H3,(H,16,17,18). The van der Waals surface area contributed by atoms with Crippen LogP contribution in [0, 0.1) is 5.92 Å². The van der Waals surface area contributed by atoms with Crippen molar-refractivity contribution >= 4 is 11.6 Å². The lowest BCUT2D eigenvalue weighted by atomic mass is 9.92. The normalized spacial score (nSPS) is 26.3. The van der Waals surface area contributed by atoms with Crippen LogP contribution in [-0.2, 0) is 6.42 Å². The maximum atomic E-state index is 5.52. The van der Waals surface area contributed by atoms with Crippen LogP contribution in [0.3, 0.4) is 0 Å². The van der Waals surface area contributed by atoms with Crippen LogP contribution in [0.25, 0.3) is 0 Å². The highest BCUT2D eigenvalue weighted by molar-refractivity contribution is 5.50. The van der Waals surface area contributed by atoms with E-state index in [9.17, 15) is 0 Å². The van der Waals surface area contributed by atoms with Gasteiger partial charge in [-0.3, -0.25) is 0 Å². The van der Waals surface area contributed by atoms with Gasteiger partial charge >= 0.3 is 0 Å². The highest BCUT2D eigenvalue weighted by Crippen LogP contribution is 2.38. The summed E-state index contributed by atoms with van der Waals surface area (Å²) in [5, 5.41) is 0. The first-order chi connectivity index (χ1) is 9.31. The maximum Gasteiger partial charge on any atom is 0.145 e. The largest absolute Gasteiger partial charge is 0.353 e. The molecule has 19 heavy (non-hydrogen) atoms. The lowest BCUT2D eigenvalue weighted by Crippen LogP contribution is -2.43. The second-order valence-electron chi connectivity index (χ2n) is 5.62. The Kier molecular flexibility index (Phi) is 3.55. The molecule has 0 aromatic carbocycles. The van der Waals surface area contributed by atoms with Crippen molar-refractivity contribution in [2.24, 2.45) is 11.8 Å². The molecule has 0 radical (unpaired) electrons. The third-order valence-electron chi connectivity index (χ3n) is 4.51. The molecule has 2 fully saturated rings. The van der Waals surface area contributed by atoms with Gasteiger partial charge in [0, 0.05) is 25.1 Å². The maximum absolute atomic E-state index is 5.52. The van der Waals surface area contributed by atoms with Crippen LogP contribution in [0.1, 0.15) is 44.9 Å². The topological polar surface area (TPSA) is 67.1 Å². The van der Waals surface area contributed by atoms with Crippen molar-refractivity contribution in [1.82, 2.24) is 9.97 Å². The lowest BCUT2D eigenvalue weighted by molar-refractivity contribution is 0.360. The van der Waals surface area contributed by atoms with E-state index in [1.54, 1.807) is 0 Å². The molecule has 3 N–H and O–H groups in total. The SMILES string of the molecule is CCc1nc(NN)cc(N2CCCC3CCCC32)n1. The van der Waals surface area contributed by atoms with E-state index >= 15 is 0 Å². The van der Waals surface area contributed by atoms with E-state index in [1.165, 1.54) is 32.1 Å². The molecule has 1 saturated carbocycles. The summed E-state index contributed by atoms with van der Waals surface area (Å²) in [6, 6.07) is 2.67. The minimum absolute atomic E-state index is 0.680. The van der Waals surface area contributed by atoms with Gasteiger partial charge in [0.25, 0.3) is 0 Å². The smallest absolute Gasteiger partial charge is 0.145 e. The van der Waals surface area contributed by atoms with Crippen LogP contribution >= 0.6 is 0 Å². The number of fused-ring (bicyclic) bond motifs is 1. The number of rotatable bonds is 3. The minimum Gasteiger partial charge on any atom is -0.353 e. The number of nitrogens with zero attached hydrogens (tertiary/aromatic N) is 3. The van der Waals surface area contributed by atoms with E-state index in [0.717, 1.165) is 36.3 Å². The summed E-state index contributed by atoms with van der Waals surface area (Å²) in [5.74, 6) is 9.03. The molecule has 0 amide bonds. The first-order valence-corrected chi connectivity index (χ1v) is 7.43. The van der Waals surface area contributed by atoms with E-state index in [1.807, 2.05) is 6.07 Å². The van der Waals surface area contributed by atoms with Crippen molar-refractivity contribution in [2.45, 2.75) is 51.5 Å². The van der Waals surface area contributed by atoms with Crippen molar-refractivity contribution in [2.75, 3.05) is 16.9 Å². The number of hydrogen-bond donors (Lipinski definition) is 2. The number of aryl methyl sites for hydroxylation is 1. The summed E-state index contributed by atoms with van der Waals surface area (Å²) in [5.41, 5.74) is 2.66. The Hall–Kier alpha value is -1.36. The van der Waals surface area contributed by atoms with Crippen molar-refractivity contribution in [3.8, 4) is 0 Å². The molecule has 2 aliphatic rings. The van der Waals surface area contributed by atoms with Crippen LogP contribution < -0.4 is 16.2 Å². The molecule has 1 aliphatic carbocycles. The van der Waals surface area contributed by atoms with Gasteiger partial charge in [0.15, 0.2) is 0 Å². The molecule has 0 spiro atoms. The Labute approximate surface area is 114 Å². The van der Waals surface area contributed by atoms with Gasteiger partial charge in [-0.25, -0.2) is 15.8 Å². The average Bonchev–Trinajstić information content (AvgIpc) is 2.94. The number of hydrogen-bond acceptors (Lipinski definition) is 5. The molecule has 104 valence electrons. The molecule has 2 heterocycles. The van der Waals surface area contributed by atoms with Crippen LogP contribution in [0.15, 0.2) is 6.07 Å². The third-order valence-corrected chi connectivity index (χ3v) is 4.51. The highest BCUT2D eigenvalue weighted by Gasteiger charge is 2.35. The predicted octanol–water partition coefficient (Wildman–Crippen LogP) is 2.09. The molecule has 5 heteroatoms. The second-order valence-corrected chi connectivity index (χ2v) is 5.62. The molecule has 1 saturated heterocycles. The van der Waals surface area contributed by atoms with Gasteiger partial charge in [-0.2, -0.15) is 0 Å². The summed E-state index contributed by atoms with van der Waals surface area (Å²) in [6.45, 7) is 3.19. The van der Waals surface area contributed by atoms with E-state index in [2.05, 4.69) is 22.2 Å². The first kappa shape index (κ1) is 12.7. The van der Waals surface area contributed by atoms with Gasteiger partial charge in [-0.1, -0.05) is 13.3 Å². The number of piperidine rings is 1. The molecular weight excluding hydrogens is 238 g/mol. The van der Waals surface area contributed by atoms with E-state index < -0.39 is 0 Å². The molecule has 1 aromatic rings. The Bertz CT molecular complexity index is 425. The fourth-order valence-corrected chi connectivity index (χ4v) is 3.60. The Morgan fingerprint density at radius 1 is 1.32 bits per heavy atom. The van der Waals surface area contributed by atoms with E-state index in [0.29, 0.717) is 6.04 Å². The molecule has 5 nitrogen and oxygen atoms in total. The molecule has 2 atom stereocenters. The highest BCUT2D eigenvalue weighted by atomic mass is 15.3. The van der Waals surface area contributed by atoms with Gasteiger partial charge in [0.05, 0.1) is 0 Å². The van der Waals surface area contributed by atoms with Gasteiger partial charge < -0.3 is 10.3 Å². The Morgan fingerprint density at radius 3 is 2.95 bits per heavy atom. The minimum atomic E-state index is 0.680. The van der Waals surface area contributed by atoms with Gasteiger partial charge in [-0.05, 0) is 31.6 Å². The quantitative estimate of drug-likeness (QED) is 0.644. The van der Waals surface area contributed by atoms with Crippen LogP contribution in [0.5, 0.6) is 0 Å². The zero-order valence-corrected chi connectivity index (χ0v) is 11.6. The van der Waals surface area contributed by atoms with Crippen LogP contribution in [0.2, 0.25) is 0 Å². The number of nitrogens with one attached hydrogen (secondary N) is 1. The average molecular weight is 261 g/mol. The number of hydrazine groups is 1. The lowest BCUT2D eigenvalue weighted by Gasteiger charge is -2.38. The summed E-state index contributed by atoms with van der Waals surface area (Å²) in [6.07, 6.45) is 7.55. The van der Waals surface area contributed by atoms with Gasteiger partial charge in [0.2, 0.25) is 0 Å². The Balaban J connectivity index is 1.91. The summed E-state index contributed by atoms with van der Waals surface area (Å²) >= 11 is 0. The first-order valence-electron chi connectivity index (χ1n) is 7.43. The summed E-state index contributed by atoms with van der Waals surface area (Å²) < 4.78 is 0. The second kappa shape index (κ2) is 5.33. The van der Waals surface area contributed by atoms with Crippen LogP contribution in [0.4, 0.5) is 11.6 Å².